The van der Waals surface area contributed by atoms with Crippen LogP contribution in [0.15, 0.2) is 97.2 Å². The molecular weight excluding hydrogens is 1190 g/mol. The Morgan fingerprint density at radius 2 is 0.742 bits per heavy atom. The van der Waals surface area contributed by atoms with Crippen LogP contribution in [0.3, 0.4) is 0 Å². The van der Waals surface area contributed by atoms with Crippen molar-refractivity contribution in [3.8, 4) is 0 Å². The molecule has 3 aliphatic rings. The summed E-state index contributed by atoms with van der Waals surface area (Å²) in [6, 6.07) is -0.976. The van der Waals surface area contributed by atoms with Gasteiger partial charge in [-0.2, -0.15) is 0 Å². The third-order valence-corrected chi connectivity index (χ3v) is 17.4. The van der Waals surface area contributed by atoms with E-state index in [-0.39, 0.29) is 18.9 Å². The van der Waals surface area contributed by atoms with Gasteiger partial charge in [0.15, 0.2) is 18.9 Å². The quantitative estimate of drug-likeness (QED) is 0.0199. The number of amides is 1. The van der Waals surface area contributed by atoms with E-state index in [0.717, 1.165) is 96.3 Å². The number of allylic oxidation sites excluding steroid dienone is 15. The molecule has 0 aromatic rings. The van der Waals surface area contributed by atoms with Gasteiger partial charge in [0.05, 0.1) is 38.6 Å². The summed E-state index contributed by atoms with van der Waals surface area (Å²) in [4.78, 5) is 13.4. The van der Waals surface area contributed by atoms with E-state index >= 15 is 0 Å². The highest BCUT2D eigenvalue weighted by Crippen LogP contribution is 2.33. The largest absolute Gasteiger partial charge is 0.394 e. The smallest absolute Gasteiger partial charge is 0.220 e. The van der Waals surface area contributed by atoms with Crippen LogP contribution in [0.25, 0.3) is 0 Å². The normalized spacial score (nSPS) is 28.1. The van der Waals surface area contributed by atoms with Crippen molar-refractivity contribution >= 4 is 5.91 Å². The van der Waals surface area contributed by atoms with Gasteiger partial charge in [-0.1, -0.05) is 246 Å². The van der Waals surface area contributed by atoms with Gasteiger partial charge >= 0.3 is 0 Å². The molecule has 0 bridgehead atoms. The SMILES string of the molecule is CC/C=C\C/C=C\C/C=C\C/C=C\C/C=C\C/C=C\C/C=C\CCCCCCCCCCCCCCCCCC(=O)NC(COC1OC(CO)C(OC2OC(CO)C(OC3OC(CO)C(O)C(O)C3O)C(O)C2O)C(O)C1O)C(O)/C=C/CCCCCCCCCCC. The fourth-order valence-corrected chi connectivity index (χ4v) is 11.6. The first-order valence-electron chi connectivity index (χ1n) is 36.0. The van der Waals surface area contributed by atoms with E-state index in [2.05, 4.69) is 104 Å². The van der Waals surface area contributed by atoms with Crippen molar-refractivity contribution in [2.75, 3.05) is 26.4 Å². The van der Waals surface area contributed by atoms with Crippen molar-refractivity contribution in [1.29, 1.82) is 0 Å². The van der Waals surface area contributed by atoms with Crippen LogP contribution in [0.2, 0.25) is 0 Å². The molecule has 19 nitrogen and oxygen atoms in total. The summed E-state index contributed by atoms with van der Waals surface area (Å²) in [7, 11) is 0. The zero-order valence-corrected chi connectivity index (χ0v) is 56.7. The number of aliphatic hydroxyl groups is 11. The van der Waals surface area contributed by atoms with Crippen molar-refractivity contribution < 1.29 is 89.4 Å². The zero-order valence-electron chi connectivity index (χ0n) is 56.7. The second-order valence-corrected chi connectivity index (χ2v) is 25.3. The summed E-state index contributed by atoms with van der Waals surface area (Å²) in [5, 5.41) is 120. The molecule has 93 heavy (non-hydrogen) atoms. The highest BCUT2D eigenvalue weighted by Gasteiger charge is 2.53. The maximum Gasteiger partial charge on any atom is 0.220 e. The van der Waals surface area contributed by atoms with E-state index in [1.54, 1.807) is 6.08 Å². The fraction of sp³-hybridized carbons (Fsp3) is 0.770. The molecule has 12 N–H and O–H groups in total. The van der Waals surface area contributed by atoms with Gasteiger partial charge in [-0.3, -0.25) is 4.79 Å². The molecule has 0 aromatic heterocycles. The topological polar surface area (TPSA) is 307 Å². The van der Waals surface area contributed by atoms with Gasteiger partial charge in [-0.15, -0.1) is 0 Å². The second kappa shape index (κ2) is 54.7. The fourth-order valence-electron chi connectivity index (χ4n) is 11.6. The average Bonchev–Trinajstić information content (AvgIpc) is 0.805. The predicted octanol–water partition coefficient (Wildman–Crippen LogP) is 10.0. The summed E-state index contributed by atoms with van der Waals surface area (Å²) in [6.45, 7) is 1.59. The van der Waals surface area contributed by atoms with Gasteiger partial charge in [-0.25, -0.2) is 0 Å². The lowest BCUT2D eigenvalue weighted by atomic mass is 9.96. The van der Waals surface area contributed by atoms with Crippen LogP contribution < -0.4 is 5.32 Å². The molecule has 3 saturated heterocycles. The van der Waals surface area contributed by atoms with Crippen molar-refractivity contribution in [1.82, 2.24) is 5.32 Å². The molecule has 17 atom stereocenters. The minimum atomic E-state index is -1.98. The van der Waals surface area contributed by atoms with Gasteiger partial charge in [-0.05, 0) is 77.0 Å². The number of carbonyl (C=O) groups excluding carboxylic acids is 1. The standard InChI is InChI=1S/C74H127NO18/c1-3-5-7-9-11-13-15-16-17-18-19-20-21-22-23-24-25-26-27-28-29-30-31-32-33-34-35-36-37-38-39-40-42-44-46-48-50-52-62(80)75-57(58(79)51-49-47-45-43-41-14-12-10-8-6-4-2)56-88-72-68(86)65(83)70(60(54-77)90-72)93-74-69(87)66(84)71(61(55-78)91-74)92-73-67(85)64(82)63(81)59(53-76)89-73/h5,7,11,13,16-17,19-20,22-23,25-26,28-29,49,51,57-61,63-74,76-79,81-87H,3-4,6,8-10,12,14-15,18,21,24,27,30-48,50,52-56H2,1-2H3,(H,75,80)/b7-5-,13-11-,17-16-,20-19-,23-22-,26-25-,29-28-,51-49+. The van der Waals surface area contributed by atoms with Crippen molar-refractivity contribution in [3.05, 3.63) is 97.2 Å². The molecule has 3 fully saturated rings. The molecule has 536 valence electrons. The molecule has 3 rings (SSSR count). The van der Waals surface area contributed by atoms with Crippen LogP contribution in [-0.2, 0) is 33.2 Å². The summed E-state index contributed by atoms with van der Waals surface area (Å²) in [5.41, 5.74) is 0. The molecule has 1 amide bonds. The number of rotatable bonds is 54. The van der Waals surface area contributed by atoms with Gasteiger partial charge in [0.25, 0.3) is 0 Å². The highest BCUT2D eigenvalue weighted by atomic mass is 16.8. The number of hydrogen-bond acceptors (Lipinski definition) is 18. The molecule has 19 heteroatoms. The van der Waals surface area contributed by atoms with Crippen LogP contribution in [0.1, 0.15) is 232 Å². The number of hydrogen-bond donors (Lipinski definition) is 12. The van der Waals surface area contributed by atoms with Crippen molar-refractivity contribution in [2.24, 2.45) is 0 Å². The minimum absolute atomic E-state index is 0.239. The number of ether oxygens (including phenoxy) is 6. The first-order chi connectivity index (χ1) is 45.3. The van der Waals surface area contributed by atoms with Crippen LogP contribution in [-0.4, -0.2) is 193 Å². The van der Waals surface area contributed by atoms with E-state index in [1.165, 1.54) is 109 Å². The summed E-state index contributed by atoms with van der Waals surface area (Å²) in [5.74, 6) is -0.280. The molecule has 0 radical (unpaired) electrons. The Morgan fingerprint density at radius 1 is 0.398 bits per heavy atom. The van der Waals surface area contributed by atoms with E-state index in [1.807, 2.05) is 6.08 Å². The summed E-state index contributed by atoms with van der Waals surface area (Å²) in [6.07, 6.45) is 45.5. The van der Waals surface area contributed by atoms with Crippen LogP contribution in [0.5, 0.6) is 0 Å². The van der Waals surface area contributed by atoms with Gasteiger partial charge < -0.3 is 89.9 Å². The first-order valence-corrected chi connectivity index (χ1v) is 36.0. The van der Waals surface area contributed by atoms with Crippen LogP contribution in [0, 0.1) is 0 Å². The Balaban J connectivity index is 1.32. The summed E-state index contributed by atoms with van der Waals surface area (Å²) < 4.78 is 34.3. The lowest BCUT2D eigenvalue weighted by Crippen LogP contribution is -2.66. The maximum absolute atomic E-state index is 13.4. The van der Waals surface area contributed by atoms with Crippen molar-refractivity contribution in [2.45, 2.75) is 336 Å². The Morgan fingerprint density at radius 3 is 1.16 bits per heavy atom. The number of carbonyl (C=O) groups is 1. The van der Waals surface area contributed by atoms with Crippen LogP contribution in [0.4, 0.5) is 0 Å². The number of aliphatic hydroxyl groups excluding tert-OH is 11. The molecule has 0 saturated carbocycles. The Labute approximate surface area is 558 Å². The first kappa shape index (κ1) is 83.9. The van der Waals surface area contributed by atoms with Crippen molar-refractivity contribution in [3.63, 3.8) is 0 Å². The van der Waals surface area contributed by atoms with Gasteiger partial charge in [0.1, 0.15) is 73.2 Å². The third kappa shape index (κ3) is 36.2. The predicted molar refractivity (Wildman–Crippen MR) is 364 cm³/mol. The van der Waals surface area contributed by atoms with E-state index in [4.69, 9.17) is 28.4 Å². The molecule has 0 spiro atoms. The van der Waals surface area contributed by atoms with Gasteiger partial charge in [0, 0.05) is 6.42 Å². The zero-order chi connectivity index (χ0) is 67.5. The Bertz CT molecular complexity index is 2060. The Kier molecular flexibility index (Phi) is 49.4. The molecule has 0 aliphatic carbocycles. The molecular formula is C74H127NO18. The lowest BCUT2D eigenvalue weighted by molar-refractivity contribution is -0.379. The van der Waals surface area contributed by atoms with Gasteiger partial charge in [0.2, 0.25) is 5.91 Å². The minimum Gasteiger partial charge on any atom is -0.394 e. The monoisotopic (exact) mass is 1320 g/mol. The van der Waals surface area contributed by atoms with E-state index < -0.39 is 124 Å². The third-order valence-electron chi connectivity index (χ3n) is 17.4. The Hall–Kier alpha value is -3.29. The second-order valence-electron chi connectivity index (χ2n) is 25.3. The molecule has 3 heterocycles. The lowest BCUT2D eigenvalue weighted by Gasteiger charge is -2.48. The average molecular weight is 1320 g/mol. The van der Waals surface area contributed by atoms with E-state index in [9.17, 15) is 61.0 Å². The summed E-state index contributed by atoms with van der Waals surface area (Å²) >= 11 is 0. The number of nitrogens with one attached hydrogen (secondary N) is 1. The van der Waals surface area contributed by atoms with Crippen LogP contribution >= 0.6 is 0 Å². The molecule has 17 unspecified atom stereocenters. The molecule has 3 aliphatic heterocycles. The molecule has 0 aromatic carbocycles. The highest BCUT2D eigenvalue weighted by molar-refractivity contribution is 5.76. The maximum atomic E-state index is 13.4. The van der Waals surface area contributed by atoms with E-state index in [0.29, 0.717) is 6.42 Å². The number of unbranched alkanes of at least 4 members (excludes halogenated alkanes) is 24.